The summed E-state index contributed by atoms with van der Waals surface area (Å²) < 4.78 is 5.72. The summed E-state index contributed by atoms with van der Waals surface area (Å²) in [6, 6.07) is 8.06. The molecule has 0 aliphatic rings. The van der Waals surface area contributed by atoms with E-state index in [2.05, 4.69) is 12.2 Å². The Morgan fingerprint density at radius 3 is 2.45 bits per heavy atom. The van der Waals surface area contributed by atoms with E-state index in [1.807, 2.05) is 24.3 Å². The number of ether oxygens (including phenoxy) is 1. The molecule has 0 amide bonds. The Morgan fingerprint density at radius 2 is 1.75 bits per heavy atom. The number of rotatable bonds is 12. The normalized spacial score (nSPS) is 10.4. The van der Waals surface area contributed by atoms with E-state index >= 15 is 0 Å². The summed E-state index contributed by atoms with van der Waals surface area (Å²) in [6.45, 7) is 4.16. The van der Waals surface area contributed by atoms with E-state index in [4.69, 9.17) is 4.74 Å². The van der Waals surface area contributed by atoms with E-state index in [-0.39, 0.29) is 0 Å². The Labute approximate surface area is 122 Å². The summed E-state index contributed by atoms with van der Waals surface area (Å²) in [5.41, 5.74) is 1.17. The number of carbonyl (C=O) groups is 1. The van der Waals surface area contributed by atoms with Crippen LogP contribution in [0.4, 0.5) is 0 Å². The maximum atomic E-state index is 10.2. The molecule has 1 rings (SSSR count). The highest BCUT2D eigenvalue weighted by molar-refractivity contribution is 5.51. The Morgan fingerprint density at radius 1 is 1.05 bits per heavy atom. The molecule has 0 heterocycles. The second-order valence-electron chi connectivity index (χ2n) is 5.06. The van der Waals surface area contributed by atoms with Crippen LogP contribution in [0.15, 0.2) is 24.3 Å². The molecule has 0 spiro atoms. The zero-order chi connectivity index (χ0) is 14.5. The van der Waals surface area contributed by atoms with Gasteiger partial charge in [0.1, 0.15) is 12.0 Å². The third-order valence-electron chi connectivity index (χ3n) is 3.25. The summed E-state index contributed by atoms with van der Waals surface area (Å²) in [4.78, 5) is 10.2. The molecular weight excluding hydrogens is 250 g/mol. The summed E-state index contributed by atoms with van der Waals surface area (Å²) in [6.07, 6.45) is 8.57. The first-order valence-electron chi connectivity index (χ1n) is 7.73. The van der Waals surface area contributed by atoms with Crippen molar-refractivity contribution in [3.8, 4) is 5.75 Å². The van der Waals surface area contributed by atoms with E-state index in [0.717, 1.165) is 31.6 Å². The lowest BCUT2D eigenvalue weighted by Crippen LogP contribution is -2.15. The Balaban J connectivity index is 2.10. The average Bonchev–Trinajstić information content (AvgIpc) is 2.48. The van der Waals surface area contributed by atoms with Gasteiger partial charge in [-0.05, 0) is 24.1 Å². The summed E-state index contributed by atoms with van der Waals surface area (Å²) in [5, 5.41) is 3.04. The lowest BCUT2D eigenvalue weighted by molar-refractivity contribution is -0.107. The van der Waals surface area contributed by atoms with Gasteiger partial charge in [-0.1, -0.05) is 51.2 Å². The highest BCUT2D eigenvalue weighted by Crippen LogP contribution is 2.13. The van der Waals surface area contributed by atoms with E-state index < -0.39 is 0 Å². The van der Waals surface area contributed by atoms with Crippen molar-refractivity contribution in [2.45, 2.75) is 52.0 Å². The number of nitrogens with one attached hydrogen (secondary N) is 1. The van der Waals surface area contributed by atoms with Crippen LogP contribution in [-0.4, -0.2) is 19.4 Å². The summed E-state index contributed by atoms with van der Waals surface area (Å²) in [5.74, 6) is 0.928. The number of carbonyl (C=O) groups excluding carboxylic acids is 1. The number of hydrogen-bond donors (Lipinski definition) is 1. The fourth-order valence-electron chi connectivity index (χ4n) is 2.05. The Kier molecular flexibility index (Phi) is 9.58. The minimum absolute atomic E-state index is 0.399. The van der Waals surface area contributed by atoms with Crippen LogP contribution in [0.3, 0.4) is 0 Å². The topological polar surface area (TPSA) is 38.3 Å². The molecule has 20 heavy (non-hydrogen) atoms. The highest BCUT2D eigenvalue weighted by Gasteiger charge is 1.96. The minimum Gasteiger partial charge on any atom is -0.494 e. The van der Waals surface area contributed by atoms with Crippen molar-refractivity contribution in [3.63, 3.8) is 0 Å². The van der Waals surface area contributed by atoms with Gasteiger partial charge in [-0.2, -0.15) is 0 Å². The molecular formula is C17H27NO2. The van der Waals surface area contributed by atoms with Gasteiger partial charge in [0.15, 0.2) is 0 Å². The quantitative estimate of drug-likeness (QED) is 0.467. The Bertz CT molecular complexity index is 349. The molecule has 0 aromatic heterocycles. The second kappa shape index (κ2) is 11.5. The van der Waals surface area contributed by atoms with Crippen molar-refractivity contribution >= 4 is 6.29 Å². The van der Waals surface area contributed by atoms with Gasteiger partial charge in [0, 0.05) is 6.54 Å². The van der Waals surface area contributed by atoms with Crippen molar-refractivity contribution in [1.29, 1.82) is 0 Å². The fourth-order valence-corrected chi connectivity index (χ4v) is 2.05. The van der Waals surface area contributed by atoms with Gasteiger partial charge < -0.3 is 14.8 Å². The van der Waals surface area contributed by atoms with E-state index in [1.165, 1.54) is 37.7 Å². The summed E-state index contributed by atoms with van der Waals surface area (Å²) >= 11 is 0. The second-order valence-corrected chi connectivity index (χ2v) is 5.06. The van der Waals surface area contributed by atoms with Gasteiger partial charge in [-0.25, -0.2) is 0 Å². The van der Waals surface area contributed by atoms with Gasteiger partial charge in [-0.3, -0.25) is 0 Å². The van der Waals surface area contributed by atoms with E-state index in [9.17, 15) is 4.79 Å². The van der Waals surface area contributed by atoms with Gasteiger partial charge in [-0.15, -0.1) is 0 Å². The molecule has 0 bridgehead atoms. The molecule has 0 saturated heterocycles. The van der Waals surface area contributed by atoms with Crippen molar-refractivity contribution in [2.24, 2.45) is 0 Å². The number of unbranched alkanes of at least 4 members (excludes halogenated alkanes) is 5. The minimum atomic E-state index is 0.399. The van der Waals surface area contributed by atoms with Gasteiger partial charge in [0.2, 0.25) is 0 Å². The van der Waals surface area contributed by atoms with Gasteiger partial charge >= 0.3 is 0 Å². The molecule has 0 saturated carbocycles. The standard InChI is InChI=1S/C17H27NO2/c1-2-3-4-5-6-7-14-20-17-10-8-16(9-11-17)15-18-12-13-19/h8-11,13,18H,2-7,12,14-15H2,1H3. The lowest BCUT2D eigenvalue weighted by Gasteiger charge is -2.07. The number of hydrogen-bond acceptors (Lipinski definition) is 3. The molecule has 3 nitrogen and oxygen atoms in total. The van der Waals surface area contributed by atoms with Crippen molar-refractivity contribution in [3.05, 3.63) is 29.8 Å². The first-order valence-corrected chi connectivity index (χ1v) is 7.73. The predicted molar refractivity (Wildman–Crippen MR) is 83.1 cm³/mol. The molecule has 0 atom stereocenters. The van der Waals surface area contributed by atoms with Crippen LogP contribution >= 0.6 is 0 Å². The zero-order valence-corrected chi connectivity index (χ0v) is 12.6. The predicted octanol–water partition coefficient (Wildman–Crippen LogP) is 3.71. The van der Waals surface area contributed by atoms with E-state index in [1.54, 1.807) is 0 Å². The van der Waals surface area contributed by atoms with Crippen LogP contribution in [0.5, 0.6) is 5.75 Å². The van der Waals surface area contributed by atoms with Crippen LogP contribution in [0.2, 0.25) is 0 Å². The SMILES string of the molecule is CCCCCCCCOc1ccc(CNCC=O)cc1. The van der Waals surface area contributed by atoms with Gasteiger partial charge in [0.25, 0.3) is 0 Å². The third-order valence-corrected chi connectivity index (χ3v) is 3.25. The van der Waals surface area contributed by atoms with Crippen LogP contribution in [0, 0.1) is 0 Å². The molecule has 0 unspecified atom stereocenters. The van der Waals surface area contributed by atoms with Crippen LogP contribution < -0.4 is 10.1 Å². The fraction of sp³-hybridized carbons (Fsp3) is 0.588. The maximum absolute atomic E-state index is 10.2. The number of benzene rings is 1. The molecule has 0 fully saturated rings. The molecule has 3 heteroatoms. The van der Waals surface area contributed by atoms with Crippen molar-refractivity contribution in [2.75, 3.05) is 13.2 Å². The molecule has 1 aromatic carbocycles. The van der Waals surface area contributed by atoms with Crippen molar-refractivity contribution < 1.29 is 9.53 Å². The largest absolute Gasteiger partial charge is 0.494 e. The first-order chi connectivity index (χ1) is 9.86. The Hall–Kier alpha value is -1.35. The third kappa shape index (κ3) is 7.95. The maximum Gasteiger partial charge on any atom is 0.133 e. The molecule has 0 aliphatic carbocycles. The van der Waals surface area contributed by atoms with Crippen molar-refractivity contribution in [1.82, 2.24) is 5.32 Å². The first kappa shape index (κ1) is 16.7. The molecule has 0 radical (unpaired) electrons. The monoisotopic (exact) mass is 277 g/mol. The molecule has 1 aromatic rings. The van der Waals surface area contributed by atoms with E-state index in [0.29, 0.717) is 6.54 Å². The smallest absolute Gasteiger partial charge is 0.133 e. The molecule has 112 valence electrons. The zero-order valence-electron chi connectivity index (χ0n) is 12.6. The average molecular weight is 277 g/mol. The lowest BCUT2D eigenvalue weighted by atomic mass is 10.1. The number of aldehydes is 1. The highest BCUT2D eigenvalue weighted by atomic mass is 16.5. The van der Waals surface area contributed by atoms with Crippen LogP contribution in [0.25, 0.3) is 0 Å². The molecule has 0 aliphatic heterocycles. The van der Waals surface area contributed by atoms with Gasteiger partial charge in [0.05, 0.1) is 13.2 Å². The summed E-state index contributed by atoms with van der Waals surface area (Å²) in [7, 11) is 0. The molecule has 1 N–H and O–H groups in total. The van der Waals surface area contributed by atoms with Crippen LogP contribution in [-0.2, 0) is 11.3 Å². The van der Waals surface area contributed by atoms with Crippen LogP contribution in [0.1, 0.15) is 51.0 Å².